The van der Waals surface area contributed by atoms with Crippen molar-refractivity contribution in [2.45, 2.75) is 20.3 Å². The van der Waals surface area contributed by atoms with E-state index in [9.17, 15) is 9.59 Å². The number of amides is 1. The number of hydrogen-bond acceptors (Lipinski definition) is 3. The molecule has 4 nitrogen and oxygen atoms in total. The quantitative estimate of drug-likeness (QED) is 0.469. The number of esters is 1. The van der Waals surface area contributed by atoms with Crippen LogP contribution in [-0.2, 0) is 4.79 Å². The summed E-state index contributed by atoms with van der Waals surface area (Å²) in [7, 11) is 0. The summed E-state index contributed by atoms with van der Waals surface area (Å²) in [4.78, 5) is 23.4. The zero-order valence-corrected chi connectivity index (χ0v) is 14.5. The summed E-state index contributed by atoms with van der Waals surface area (Å²) in [6.45, 7) is 3.77. The van der Waals surface area contributed by atoms with Crippen LogP contribution in [0.3, 0.4) is 0 Å². The van der Waals surface area contributed by atoms with Crippen molar-refractivity contribution in [3.8, 4) is 5.75 Å². The first kappa shape index (κ1) is 16.5. The van der Waals surface area contributed by atoms with Crippen molar-refractivity contribution in [2.75, 3.05) is 5.32 Å². The SMILES string of the molecule is CCC(=O)Nc1ccc(OC(=O)c2ccc(C)c(I)c2)cc1. The van der Waals surface area contributed by atoms with E-state index in [4.69, 9.17) is 4.74 Å². The highest BCUT2D eigenvalue weighted by molar-refractivity contribution is 14.1. The van der Waals surface area contributed by atoms with E-state index in [1.54, 1.807) is 43.3 Å². The lowest BCUT2D eigenvalue weighted by atomic mass is 10.1. The van der Waals surface area contributed by atoms with Gasteiger partial charge in [0.15, 0.2) is 0 Å². The molecule has 1 N–H and O–H groups in total. The summed E-state index contributed by atoms with van der Waals surface area (Å²) < 4.78 is 6.34. The molecule has 0 saturated carbocycles. The lowest BCUT2D eigenvalue weighted by Gasteiger charge is -2.07. The van der Waals surface area contributed by atoms with Gasteiger partial charge in [-0.3, -0.25) is 4.79 Å². The van der Waals surface area contributed by atoms with Crippen LogP contribution >= 0.6 is 22.6 Å². The van der Waals surface area contributed by atoms with Crippen LogP contribution in [0.25, 0.3) is 0 Å². The van der Waals surface area contributed by atoms with Gasteiger partial charge in [0, 0.05) is 15.7 Å². The molecule has 0 fully saturated rings. The Labute approximate surface area is 143 Å². The Morgan fingerprint density at radius 3 is 2.41 bits per heavy atom. The molecule has 2 aromatic rings. The average Bonchev–Trinajstić information content (AvgIpc) is 2.51. The number of ether oxygens (including phenoxy) is 1. The summed E-state index contributed by atoms with van der Waals surface area (Å²) in [5.41, 5.74) is 2.31. The summed E-state index contributed by atoms with van der Waals surface area (Å²) >= 11 is 2.19. The number of anilines is 1. The van der Waals surface area contributed by atoms with Gasteiger partial charge in [0.25, 0.3) is 0 Å². The van der Waals surface area contributed by atoms with Crippen LogP contribution in [-0.4, -0.2) is 11.9 Å². The van der Waals surface area contributed by atoms with Crippen LogP contribution in [0.4, 0.5) is 5.69 Å². The number of benzene rings is 2. The highest BCUT2D eigenvalue weighted by Gasteiger charge is 2.10. The van der Waals surface area contributed by atoms with E-state index in [2.05, 4.69) is 27.9 Å². The summed E-state index contributed by atoms with van der Waals surface area (Å²) in [6, 6.07) is 12.2. The van der Waals surface area contributed by atoms with E-state index in [0.29, 0.717) is 23.4 Å². The number of aryl methyl sites for hydroxylation is 1. The van der Waals surface area contributed by atoms with Crippen LogP contribution in [0.15, 0.2) is 42.5 Å². The molecule has 0 radical (unpaired) electrons. The maximum absolute atomic E-state index is 12.1. The second-order valence-corrected chi connectivity index (χ2v) is 5.94. The first-order valence-electron chi connectivity index (χ1n) is 6.88. The topological polar surface area (TPSA) is 55.4 Å². The number of rotatable bonds is 4. The molecule has 0 aliphatic rings. The van der Waals surface area contributed by atoms with Gasteiger partial charge < -0.3 is 10.1 Å². The number of carbonyl (C=O) groups is 2. The van der Waals surface area contributed by atoms with E-state index >= 15 is 0 Å². The summed E-state index contributed by atoms with van der Waals surface area (Å²) in [6.07, 6.45) is 0.419. The van der Waals surface area contributed by atoms with E-state index in [0.717, 1.165) is 9.13 Å². The molecule has 1 amide bonds. The van der Waals surface area contributed by atoms with Crippen LogP contribution < -0.4 is 10.1 Å². The highest BCUT2D eigenvalue weighted by Crippen LogP contribution is 2.19. The van der Waals surface area contributed by atoms with Gasteiger partial charge in [-0.05, 0) is 71.5 Å². The summed E-state index contributed by atoms with van der Waals surface area (Å²) in [5, 5.41) is 2.74. The Morgan fingerprint density at radius 2 is 1.82 bits per heavy atom. The summed E-state index contributed by atoms with van der Waals surface area (Å²) in [5.74, 6) is -0.0164. The second kappa shape index (κ2) is 7.40. The molecule has 114 valence electrons. The maximum atomic E-state index is 12.1. The Kier molecular flexibility index (Phi) is 5.54. The van der Waals surface area contributed by atoms with Crippen LogP contribution in [0.5, 0.6) is 5.75 Å². The van der Waals surface area contributed by atoms with Gasteiger partial charge in [-0.2, -0.15) is 0 Å². The normalized spacial score (nSPS) is 10.1. The minimum atomic E-state index is -0.400. The fourth-order valence-corrected chi connectivity index (χ4v) is 2.26. The minimum absolute atomic E-state index is 0.0565. The third-order valence-electron chi connectivity index (χ3n) is 3.08. The molecule has 2 aromatic carbocycles. The van der Waals surface area contributed by atoms with Crippen LogP contribution in [0.1, 0.15) is 29.3 Å². The predicted molar refractivity (Wildman–Crippen MR) is 94.2 cm³/mol. The fraction of sp³-hybridized carbons (Fsp3) is 0.176. The zero-order chi connectivity index (χ0) is 16.1. The molecule has 0 aromatic heterocycles. The first-order valence-corrected chi connectivity index (χ1v) is 7.95. The van der Waals surface area contributed by atoms with Crippen molar-refractivity contribution in [3.05, 3.63) is 57.2 Å². The molecular weight excluding hydrogens is 393 g/mol. The Hall–Kier alpha value is -1.89. The Bertz CT molecular complexity index is 696. The fourth-order valence-electron chi connectivity index (χ4n) is 1.74. The molecule has 5 heteroatoms. The molecular formula is C17H16INO3. The molecule has 0 aliphatic heterocycles. The molecule has 0 unspecified atom stereocenters. The van der Waals surface area contributed by atoms with Crippen molar-refractivity contribution < 1.29 is 14.3 Å². The van der Waals surface area contributed by atoms with Gasteiger partial charge in [-0.15, -0.1) is 0 Å². The van der Waals surface area contributed by atoms with E-state index in [1.807, 2.05) is 13.0 Å². The first-order chi connectivity index (χ1) is 10.5. The minimum Gasteiger partial charge on any atom is -0.423 e. The average molecular weight is 409 g/mol. The van der Waals surface area contributed by atoms with Crippen LogP contribution in [0.2, 0.25) is 0 Å². The monoisotopic (exact) mass is 409 g/mol. The van der Waals surface area contributed by atoms with E-state index < -0.39 is 5.97 Å². The van der Waals surface area contributed by atoms with Crippen molar-refractivity contribution in [3.63, 3.8) is 0 Å². The molecule has 0 atom stereocenters. The van der Waals surface area contributed by atoms with Gasteiger partial charge in [-0.1, -0.05) is 13.0 Å². The van der Waals surface area contributed by atoms with Crippen molar-refractivity contribution in [1.29, 1.82) is 0 Å². The predicted octanol–water partition coefficient (Wildman–Crippen LogP) is 4.17. The lowest BCUT2D eigenvalue weighted by Crippen LogP contribution is -2.10. The third kappa shape index (κ3) is 4.30. The van der Waals surface area contributed by atoms with Gasteiger partial charge in [-0.25, -0.2) is 4.79 Å². The van der Waals surface area contributed by atoms with Crippen molar-refractivity contribution in [2.24, 2.45) is 0 Å². The molecule has 22 heavy (non-hydrogen) atoms. The number of carbonyl (C=O) groups excluding carboxylic acids is 2. The molecule has 0 spiro atoms. The van der Waals surface area contributed by atoms with Gasteiger partial charge in [0.05, 0.1) is 5.56 Å². The number of hydrogen-bond donors (Lipinski definition) is 1. The van der Waals surface area contributed by atoms with Gasteiger partial charge >= 0.3 is 5.97 Å². The molecule has 0 saturated heterocycles. The highest BCUT2D eigenvalue weighted by atomic mass is 127. The van der Waals surface area contributed by atoms with Crippen LogP contribution in [0, 0.1) is 10.5 Å². The number of halogens is 1. The van der Waals surface area contributed by atoms with Crippen molar-refractivity contribution >= 4 is 40.2 Å². The Balaban J connectivity index is 2.05. The standard InChI is InChI=1S/C17H16INO3/c1-3-16(20)19-13-6-8-14(9-7-13)22-17(21)12-5-4-11(2)15(18)10-12/h4-10H,3H2,1-2H3,(H,19,20). The largest absolute Gasteiger partial charge is 0.423 e. The van der Waals surface area contributed by atoms with Gasteiger partial charge in [0.2, 0.25) is 5.91 Å². The van der Waals surface area contributed by atoms with Gasteiger partial charge in [0.1, 0.15) is 5.75 Å². The lowest BCUT2D eigenvalue weighted by molar-refractivity contribution is -0.115. The smallest absolute Gasteiger partial charge is 0.343 e. The maximum Gasteiger partial charge on any atom is 0.343 e. The second-order valence-electron chi connectivity index (χ2n) is 4.78. The molecule has 0 aliphatic carbocycles. The number of nitrogens with one attached hydrogen (secondary N) is 1. The van der Waals surface area contributed by atoms with E-state index in [-0.39, 0.29) is 5.91 Å². The molecule has 2 rings (SSSR count). The Morgan fingerprint density at radius 1 is 1.14 bits per heavy atom. The molecule has 0 bridgehead atoms. The zero-order valence-electron chi connectivity index (χ0n) is 12.4. The van der Waals surface area contributed by atoms with E-state index in [1.165, 1.54) is 0 Å². The molecule has 0 heterocycles. The third-order valence-corrected chi connectivity index (χ3v) is 4.24. The van der Waals surface area contributed by atoms with Crippen molar-refractivity contribution in [1.82, 2.24) is 0 Å².